The van der Waals surface area contributed by atoms with Gasteiger partial charge in [0.25, 0.3) is 0 Å². The highest BCUT2D eigenvalue weighted by atomic mass is 35.5. The van der Waals surface area contributed by atoms with E-state index in [0.29, 0.717) is 10.6 Å². The van der Waals surface area contributed by atoms with Crippen LogP contribution in [0.4, 0.5) is 15.8 Å². The number of benzene rings is 2. The molecule has 2 rings (SSSR count). The van der Waals surface area contributed by atoms with Crippen molar-refractivity contribution in [1.29, 1.82) is 0 Å². The van der Waals surface area contributed by atoms with Crippen LogP contribution < -0.4 is 10.2 Å². The van der Waals surface area contributed by atoms with Crippen molar-refractivity contribution in [1.82, 2.24) is 0 Å². The molecule has 1 unspecified atom stereocenters. The molecule has 0 bridgehead atoms. The third-order valence-corrected chi connectivity index (χ3v) is 3.57. The van der Waals surface area contributed by atoms with Gasteiger partial charge in [0.15, 0.2) is 0 Å². The van der Waals surface area contributed by atoms with Crippen molar-refractivity contribution >= 4 is 23.0 Å². The molecule has 2 aromatic rings. The Hall–Kier alpha value is -1.94. The second-order valence-corrected chi connectivity index (χ2v) is 5.54. The quantitative estimate of drug-likeness (QED) is 0.877. The van der Waals surface area contributed by atoms with Crippen molar-refractivity contribution in [3.63, 3.8) is 0 Å². The van der Waals surface area contributed by atoms with Crippen LogP contribution in [0.1, 0.15) is 18.5 Å². The van der Waals surface area contributed by atoms with E-state index in [1.54, 1.807) is 6.07 Å². The van der Waals surface area contributed by atoms with E-state index < -0.39 is 5.82 Å². The monoisotopic (exact) mass is 308 g/mol. The summed E-state index contributed by atoms with van der Waals surface area (Å²) in [6, 6.07) is 9.49. The van der Waals surface area contributed by atoms with Gasteiger partial charge in [0.2, 0.25) is 0 Å². The fourth-order valence-corrected chi connectivity index (χ4v) is 2.52. The first-order valence-electron chi connectivity index (χ1n) is 6.60. The normalized spacial score (nSPS) is 12.0. The number of hydrogen-bond acceptors (Lipinski definition) is 3. The van der Waals surface area contributed by atoms with Gasteiger partial charge in [0.05, 0.1) is 16.8 Å². The van der Waals surface area contributed by atoms with E-state index in [0.717, 1.165) is 17.4 Å². The van der Waals surface area contributed by atoms with E-state index in [2.05, 4.69) is 5.32 Å². The summed E-state index contributed by atoms with van der Waals surface area (Å²) < 4.78 is 13.0. The van der Waals surface area contributed by atoms with Crippen LogP contribution in [0.15, 0.2) is 36.4 Å². The zero-order chi connectivity index (χ0) is 15.6. The largest absolute Gasteiger partial charge is 0.507 e. The number of rotatable bonds is 4. The molecule has 112 valence electrons. The number of nitrogens with zero attached hydrogens (tertiary/aromatic N) is 1. The zero-order valence-electron chi connectivity index (χ0n) is 12.2. The molecular weight excluding hydrogens is 291 g/mol. The molecule has 5 heteroatoms. The summed E-state index contributed by atoms with van der Waals surface area (Å²) in [6.07, 6.45) is 0. The Balaban J connectivity index is 2.19. The number of phenols is 1. The van der Waals surface area contributed by atoms with Gasteiger partial charge in [-0.05, 0) is 31.2 Å². The highest BCUT2D eigenvalue weighted by Crippen LogP contribution is 2.31. The predicted molar refractivity (Wildman–Crippen MR) is 85.9 cm³/mol. The molecule has 0 aliphatic rings. The van der Waals surface area contributed by atoms with E-state index in [1.807, 2.05) is 44.1 Å². The van der Waals surface area contributed by atoms with Crippen molar-refractivity contribution < 1.29 is 9.50 Å². The van der Waals surface area contributed by atoms with Gasteiger partial charge in [-0.25, -0.2) is 4.39 Å². The fourth-order valence-electron chi connectivity index (χ4n) is 2.17. The molecule has 0 spiro atoms. The van der Waals surface area contributed by atoms with Gasteiger partial charge in [-0.15, -0.1) is 0 Å². The van der Waals surface area contributed by atoms with Gasteiger partial charge in [0.1, 0.15) is 11.6 Å². The summed E-state index contributed by atoms with van der Waals surface area (Å²) in [7, 11) is 3.85. The van der Waals surface area contributed by atoms with Crippen LogP contribution >= 0.6 is 11.6 Å². The van der Waals surface area contributed by atoms with Crippen LogP contribution in [0.2, 0.25) is 5.02 Å². The van der Waals surface area contributed by atoms with Crippen molar-refractivity contribution in [2.24, 2.45) is 0 Å². The van der Waals surface area contributed by atoms with E-state index in [9.17, 15) is 9.50 Å². The maximum Gasteiger partial charge on any atom is 0.126 e. The number of aromatic hydroxyl groups is 1. The minimum Gasteiger partial charge on any atom is -0.507 e. The van der Waals surface area contributed by atoms with Crippen molar-refractivity contribution in [2.75, 3.05) is 24.3 Å². The molecule has 0 saturated carbocycles. The molecule has 0 radical (unpaired) electrons. The lowest BCUT2D eigenvalue weighted by molar-refractivity contribution is 0.459. The van der Waals surface area contributed by atoms with Crippen LogP contribution in [-0.4, -0.2) is 19.2 Å². The average Bonchev–Trinajstić information content (AvgIpc) is 2.37. The first-order chi connectivity index (χ1) is 9.88. The zero-order valence-corrected chi connectivity index (χ0v) is 12.9. The Kier molecular flexibility index (Phi) is 4.58. The molecule has 0 saturated heterocycles. The number of anilines is 2. The molecular formula is C16H18ClFN2O. The summed E-state index contributed by atoms with van der Waals surface area (Å²) in [4.78, 5) is 1.93. The molecule has 0 amide bonds. The van der Waals surface area contributed by atoms with Gasteiger partial charge < -0.3 is 15.3 Å². The lowest BCUT2D eigenvalue weighted by Gasteiger charge is -2.19. The summed E-state index contributed by atoms with van der Waals surface area (Å²) in [6.45, 7) is 1.89. The minimum atomic E-state index is -0.457. The molecule has 1 atom stereocenters. The topological polar surface area (TPSA) is 35.5 Å². The molecule has 21 heavy (non-hydrogen) atoms. The van der Waals surface area contributed by atoms with Gasteiger partial charge in [-0.1, -0.05) is 17.7 Å². The van der Waals surface area contributed by atoms with Crippen LogP contribution in [-0.2, 0) is 0 Å². The molecule has 0 aliphatic carbocycles. The van der Waals surface area contributed by atoms with Crippen LogP contribution in [0.25, 0.3) is 0 Å². The van der Waals surface area contributed by atoms with Crippen molar-refractivity contribution in [3.05, 3.63) is 52.8 Å². The smallest absolute Gasteiger partial charge is 0.126 e. The molecule has 3 nitrogen and oxygen atoms in total. The van der Waals surface area contributed by atoms with Crippen molar-refractivity contribution in [3.8, 4) is 5.75 Å². The molecule has 0 fully saturated rings. The molecule has 0 heterocycles. The summed E-state index contributed by atoms with van der Waals surface area (Å²) >= 11 is 6.23. The summed E-state index contributed by atoms with van der Waals surface area (Å²) in [5, 5.41) is 13.7. The number of nitrogens with one attached hydrogen (secondary N) is 1. The Bertz CT molecular complexity index is 646. The Labute approximate surface area is 129 Å². The van der Waals surface area contributed by atoms with Gasteiger partial charge in [-0.3, -0.25) is 0 Å². The standard InChI is InChI=1S/C16H18ClFN2O/c1-10(13-6-4-11(18)8-16(13)21)19-12-5-7-15(20(2)3)14(17)9-12/h4-10,19,21H,1-3H3. The number of phenolic OH excluding ortho intramolecular Hbond substituents is 1. The highest BCUT2D eigenvalue weighted by molar-refractivity contribution is 6.33. The van der Waals surface area contributed by atoms with Gasteiger partial charge in [-0.2, -0.15) is 0 Å². The van der Waals surface area contributed by atoms with E-state index in [4.69, 9.17) is 11.6 Å². The summed E-state index contributed by atoms with van der Waals surface area (Å²) in [5.41, 5.74) is 2.39. The second kappa shape index (κ2) is 6.22. The molecule has 0 aromatic heterocycles. The first kappa shape index (κ1) is 15.4. The second-order valence-electron chi connectivity index (χ2n) is 5.13. The number of halogens is 2. The summed E-state index contributed by atoms with van der Waals surface area (Å²) in [5.74, 6) is -0.521. The van der Waals surface area contributed by atoms with E-state index >= 15 is 0 Å². The Morgan fingerprint density at radius 3 is 2.48 bits per heavy atom. The molecule has 2 N–H and O–H groups in total. The predicted octanol–water partition coefficient (Wildman–Crippen LogP) is 4.42. The third-order valence-electron chi connectivity index (χ3n) is 3.27. The van der Waals surface area contributed by atoms with E-state index in [1.165, 1.54) is 6.07 Å². The van der Waals surface area contributed by atoms with E-state index in [-0.39, 0.29) is 11.8 Å². The Morgan fingerprint density at radius 1 is 1.19 bits per heavy atom. The van der Waals surface area contributed by atoms with Crippen LogP contribution in [0.5, 0.6) is 5.75 Å². The fraction of sp³-hybridized carbons (Fsp3) is 0.250. The maximum absolute atomic E-state index is 13.0. The average molecular weight is 309 g/mol. The minimum absolute atomic E-state index is 0.0639. The SMILES string of the molecule is CC(Nc1ccc(N(C)C)c(Cl)c1)c1ccc(F)cc1O. The third kappa shape index (κ3) is 3.58. The van der Waals surface area contributed by atoms with Crippen LogP contribution in [0.3, 0.4) is 0 Å². The number of hydrogen-bond donors (Lipinski definition) is 2. The van der Waals surface area contributed by atoms with Gasteiger partial charge >= 0.3 is 0 Å². The lowest BCUT2D eigenvalue weighted by atomic mass is 10.1. The highest BCUT2D eigenvalue weighted by Gasteiger charge is 2.12. The molecule has 0 aliphatic heterocycles. The first-order valence-corrected chi connectivity index (χ1v) is 6.98. The lowest BCUT2D eigenvalue weighted by Crippen LogP contribution is -2.10. The molecule has 2 aromatic carbocycles. The Morgan fingerprint density at radius 2 is 1.90 bits per heavy atom. The van der Waals surface area contributed by atoms with Crippen molar-refractivity contribution in [2.45, 2.75) is 13.0 Å². The van der Waals surface area contributed by atoms with Gasteiger partial charge in [0, 0.05) is 31.4 Å². The van der Waals surface area contributed by atoms with Crippen LogP contribution in [0, 0.1) is 5.82 Å². The maximum atomic E-state index is 13.0.